The van der Waals surface area contributed by atoms with Gasteiger partial charge in [0.05, 0.1) is 11.8 Å². The molecule has 0 atom stereocenters. The molecule has 13 heavy (non-hydrogen) atoms. The van der Waals surface area contributed by atoms with E-state index in [2.05, 4.69) is 4.98 Å². The van der Waals surface area contributed by atoms with Gasteiger partial charge in [-0.05, 0) is 12.1 Å². The molecule has 0 aromatic carbocycles. The summed E-state index contributed by atoms with van der Waals surface area (Å²) >= 11 is 0. The Morgan fingerprint density at radius 3 is 3.23 bits per heavy atom. The third-order valence-corrected chi connectivity index (χ3v) is 1.80. The summed E-state index contributed by atoms with van der Waals surface area (Å²) in [6.07, 6.45) is 4.77. The van der Waals surface area contributed by atoms with Crippen molar-refractivity contribution in [1.29, 1.82) is 0 Å². The van der Waals surface area contributed by atoms with Crippen molar-refractivity contribution in [3.63, 3.8) is 0 Å². The van der Waals surface area contributed by atoms with Crippen molar-refractivity contribution >= 4 is 12.0 Å². The summed E-state index contributed by atoms with van der Waals surface area (Å²) in [5.74, 6) is -0.310. The van der Waals surface area contributed by atoms with Gasteiger partial charge in [-0.15, -0.1) is 0 Å². The van der Waals surface area contributed by atoms with E-state index in [9.17, 15) is 4.79 Å². The second-order valence-electron chi connectivity index (χ2n) is 2.68. The van der Waals surface area contributed by atoms with Gasteiger partial charge in [-0.2, -0.15) is 0 Å². The van der Waals surface area contributed by atoms with Gasteiger partial charge in [0, 0.05) is 11.8 Å². The van der Waals surface area contributed by atoms with Crippen LogP contribution in [0.25, 0.3) is 6.08 Å². The largest absolute Gasteiger partial charge is 0.486 e. The molecule has 1 N–H and O–H groups in total. The van der Waals surface area contributed by atoms with Crippen LogP contribution in [0.2, 0.25) is 0 Å². The fourth-order valence-corrected chi connectivity index (χ4v) is 1.14. The van der Waals surface area contributed by atoms with Gasteiger partial charge in [-0.25, -0.2) is 4.79 Å². The molecule has 1 aromatic rings. The summed E-state index contributed by atoms with van der Waals surface area (Å²) in [6, 6.07) is 1.72. The number of hydrogen-bond acceptors (Lipinski definition) is 3. The second-order valence-corrected chi connectivity index (χ2v) is 2.68. The number of aromatic nitrogens is 1. The number of carboxylic acid groups (broad SMARTS) is 1. The van der Waals surface area contributed by atoms with E-state index in [1.165, 1.54) is 0 Å². The molecule has 2 rings (SSSR count). The molecule has 0 amide bonds. The number of ether oxygens (including phenoxy) is 1. The Kier molecular flexibility index (Phi) is 1.73. The standard InChI is InChI=1S/C9H7NO3/c11-9(12)7-3-6-1-2-10-4-8(6)13-5-7/h1-4H,5H2,(H,11,12). The molecular formula is C9H7NO3. The fourth-order valence-electron chi connectivity index (χ4n) is 1.14. The predicted molar refractivity (Wildman–Crippen MR) is 45.3 cm³/mol. The number of hydrogen-bond donors (Lipinski definition) is 1. The van der Waals surface area contributed by atoms with Crippen LogP contribution in [0, 0.1) is 0 Å². The zero-order chi connectivity index (χ0) is 9.26. The summed E-state index contributed by atoms with van der Waals surface area (Å²) in [6.45, 7) is 0.105. The van der Waals surface area contributed by atoms with Crippen LogP contribution in [0.5, 0.6) is 5.75 Å². The van der Waals surface area contributed by atoms with Crippen molar-refractivity contribution in [2.45, 2.75) is 0 Å². The highest BCUT2D eigenvalue weighted by Crippen LogP contribution is 2.24. The second kappa shape index (κ2) is 2.90. The summed E-state index contributed by atoms with van der Waals surface area (Å²) in [7, 11) is 0. The molecule has 0 saturated carbocycles. The highest BCUT2D eigenvalue weighted by molar-refractivity contribution is 5.93. The SMILES string of the molecule is O=C(O)C1=Cc2ccncc2OC1. The number of pyridine rings is 1. The summed E-state index contributed by atoms with van der Waals surface area (Å²) in [4.78, 5) is 14.5. The van der Waals surface area contributed by atoms with Gasteiger partial charge in [0.2, 0.25) is 0 Å². The molecule has 1 aromatic heterocycles. The van der Waals surface area contributed by atoms with Crippen molar-refractivity contribution in [2.75, 3.05) is 6.61 Å². The molecular weight excluding hydrogens is 170 g/mol. The van der Waals surface area contributed by atoms with Crippen molar-refractivity contribution < 1.29 is 14.6 Å². The van der Waals surface area contributed by atoms with Crippen molar-refractivity contribution in [3.8, 4) is 5.75 Å². The zero-order valence-electron chi connectivity index (χ0n) is 6.73. The van der Waals surface area contributed by atoms with Crippen LogP contribution in [-0.2, 0) is 4.79 Å². The zero-order valence-corrected chi connectivity index (χ0v) is 6.73. The van der Waals surface area contributed by atoms with E-state index in [0.717, 1.165) is 5.56 Å². The van der Waals surface area contributed by atoms with Crippen LogP contribution < -0.4 is 4.74 Å². The van der Waals surface area contributed by atoms with Gasteiger partial charge in [0.15, 0.2) is 0 Å². The van der Waals surface area contributed by atoms with Gasteiger partial charge in [0.25, 0.3) is 0 Å². The lowest BCUT2D eigenvalue weighted by Gasteiger charge is -2.14. The predicted octanol–water partition coefficient (Wildman–Crippen LogP) is 0.942. The number of carbonyl (C=O) groups is 1. The maximum Gasteiger partial charge on any atom is 0.335 e. The lowest BCUT2D eigenvalue weighted by Crippen LogP contribution is -2.14. The lowest BCUT2D eigenvalue weighted by molar-refractivity contribution is -0.132. The van der Waals surface area contributed by atoms with Gasteiger partial charge in [0.1, 0.15) is 12.4 Å². The van der Waals surface area contributed by atoms with E-state index in [1.807, 2.05) is 0 Å². The average Bonchev–Trinajstić information content (AvgIpc) is 2.17. The molecule has 0 radical (unpaired) electrons. The third kappa shape index (κ3) is 1.38. The van der Waals surface area contributed by atoms with Crippen LogP contribution in [0.3, 0.4) is 0 Å². The maximum atomic E-state index is 10.6. The smallest absolute Gasteiger partial charge is 0.335 e. The number of fused-ring (bicyclic) bond motifs is 1. The van der Waals surface area contributed by atoms with Crippen molar-refractivity contribution in [1.82, 2.24) is 4.98 Å². The Labute approximate surface area is 74.5 Å². The monoisotopic (exact) mass is 177 g/mol. The molecule has 0 unspecified atom stereocenters. The minimum Gasteiger partial charge on any atom is -0.486 e. The topological polar surface area (TPSA) is 59.4 Å². The molecule has 1 aliphatic rings. The number of rotatable bonds is 1. The van der Waals surface area contributed by atoms with Gasteiger partial charge >= 0.3 is 5.97 Å². The highest BCUT2D eigenvalue weighted by Gasteiger charge is 2.15. The van der Waals surface area contributed by atoms with E-state index in [1.54, 1.807) is 24.5 Å². The molecule has 2 heterocycles. The molecule has 0 aliphatic carbocycles. The van der Waals surface area contributed by atoms with Crippen LogP contribution >= 0.6 is 0 Å². The minimum atomic E-state index is -0.942. The Balaban J connectivity index is 2.44. The van der Waals surface area contributed by atoms with Crippen LogP contribution in [-0.4, -0.2) is 22.7 Å². The first kappa shape index (κ1) is 7.79. The first-order valence-electron chi connectivity index (χ1n) is 3.78. The van der Waals surface area contributed by atoms with Gasteiger partial charge in [-0.1, -0.05) is 0 Å². The van der Waals surface area contributed by atoms with E-state index in [4.69, 9.17) is 9.84 Å². The number of nitrogens with zero attached hydrogens (tertiary/aromatic N) is 1. The molecule has 1 aliphatic heterocycles. The van der Waals surface area contributed by atoms with E-state index in [0.29, 0.717) is 5.75 Å². The summed E-state index contributed by atoms with van der Waals surface area (Å²) in [5.41, 5.74) is 1.03. The van der Waals surface area contributed by atoms with Crippen LogP contribution in [0.15, 0.2) is 24.0 Å². The van der Waals surface area contributed by atoms with Crippen LogP contribution in [0.4, 0.5) is 0 Å². The number of carboxylic acids is 1. The molecule has 0 spiro atoms. The fraction of sp³-hybridized carbons (Fsp3) is 0.111. The lowest BCUT2D eigenvalue weighted by atomic mass is 10.1. The number of aliphatic carboxylic acids is 1. The van der Waals surface area contributed by atoms with Crippen molar-refractivity contribution in [2.24, 2.45) is 0 Å². The molecule has 0 saturated heterocycles. The van der Waals surface area contributed by atoms with Crippen molar-refractivity contribution in [3.05, 3.63) is 29.6 Å². The average molecular weight is 177 g/mol. The Hall–Kier alpha value is -1.84. The quantitative estimate of drug-likeness (QED) is 0.693. The van der Waals surface area contributed by atoms with E-state index in [-0.39, 0.29) is 12.2 Å². The van der Waals surface area contributed by atoms with E-state index < -0.39 is 5.97 Å². The molecule has 0 bridgehead atoms. The van der Waals surface area contributed by atoms with Gasteiger partial charge in [-0.3, -0.25) is 4.98 Å². The summed E-state index contributed by atoms with van der Waals surface area (Å²) < 4.78 is 5.19. The Morgan fingerprint density at radius 2 is 2.46 bits per heavy atom. The van der Waals surface area contributed by atoms with Gasteiger partial charge < -0.3 is 9.84 Å². The molecule has 4 heteroatoms. The minimum absolute atomic E-state index is 0.105. The molecule has 66 valence electrons. The Bertz CT molecular complexity index is 384. The molecule has 4 nitrogen and oxygen atoms in total. The first-order valence-corrected chi connectivity index (χ1v) is 3.78. The first-order chi connectivity index (χ1) is 6.27. The molecule has 0 fully saturated rings. The van der Waals surface area contributed by atoms with E-state index >= 15 is 0 Å². The maximum absolute atomic E-state index is 10.6. The highest BCUT2D eigenvalue weighted by atomic mass is 16.5. The Morgan fingerprint density at radius 1 is 1.62 bits per heavy atom. The normalized spacial score (nSPS) is 14.0. The third-order valence-electron chi connectivity index (χ3n) is 1.80. The summed E-state index contributed by atoms with van der Waals surface area (Å²) in [5, 5.41) is 8.70. The van der Waals surface area contributed by atoms with Crippen LogP contribution in [0.1, 0.15) is 5.56 Å².